The molecule has 7 heteroatoms. The number of hydrogen-bond acceptors (Lipinski definition) is 5. The van der Waals surface area contributed by atoms with Gasteiger partial charge < -0.3 is 14.8 Å². The Balaban J connectivity index is 1.96. The van der Waals surface area contributed by atoms with Gasteiger partial charge in [-0.05, 0) is 13.3 Å². The fraction of sp³-hybridized carbons (Fsp3) is 0.294. The summed E-state index contributed by atoms with van der Waals surface area (Å²) in [6.07, 6.45) is 2.70. The minimum atomic E-state index is 0.426. The molecule has 0 spiro atoms. The first kappa shape index (κ1) is 15.1. The van der Waals surface area contributed by atoms with Crippen LogP contribution in [0.2, 0.25) is 5.15 Å². The maximum atomic E-state index is 6.08. The van der Waals surface area contributed by atoms with Crippen LogP contribution in [0.3, 0.4) is 0 Å². The first-order valence-corrected chi connectivity index (χ1v) is 8.15. The Hall–Kier alpha value is -2.47. The smallest absolute Gasteiger partial charge is 0.146 e. The number of nitrogens with one attached hydrogen (secondary N) is 1. The van der Waals surface area contributed by atoms with E-state index >= 15 is 0 Å². The lowest BCUT2D eigenvalue weighted by molar-refractivity contribution is 0.322. The van der Waals surface area contributed by atoms with Crippen LogP contribution in [0, 0.1) is 6.92 Å². The van der Waals surface area contributed by atoms with E-state index in [0.717, 1.165) is 46.7 Å². The molecule has 1 aromatic carbocycles. The van der Waals surface area contributed by atoms with Crippen LogP contribution in [0.25, 0.3) is 16.6 Å². The van der Waals surface area contributed by atoms with Gasteiger partial charge in [0.1, 0.15) is 22.3 Å². The third kappa shape index (κ3) is 2.43. The average Bonchev–Trinajstić information content (AvgIpc) is 2.76. The third-order valence-electron chi connectivity index (χ3n) is 4.12. The molecule has 1 N–H and O–H groups in total. The minimum Gasteiger partial charge on any atom is -0.494 e. The molecule has 24 heavy (non-hydrogen) atoms. The van der Waals surface area contributed by atoms with Gasteiger partial charge in [0.25, 0.3) is 0 Å². The summed E-state index contributed by atoms with van der Waals surface area (Å²) in [5.74, 6) is 1.51. The molecule has 3 heterocycles. The van der Waals surface area contributed by atoms with E-state index in [9.17, 15) is 0 Å². The number of halogens is 1. The number of aromatic nitrogens is 3. The molecule has 0 saturated carbocycles. The van der Waals surface area contributed by atoms with Crippen molar-refractivity contribution in [3.8, 4) is 17.2 Å². The Morgan fingerprint density at radius 1 is 1.33 bits per heavy atom. The molecular formula is C17H17ClN4O2. The third-order valence-corrected chi connectivity index (χ3v) is 4.33. The molecule has 0 fully saturated rings. The van der Waals surface area contributed by atoms with Gasteiger partial charge in [0, 0.05) is 36.3 Å². The summed E-state index contributed by atoms with van der Waals surface area (Å²) in [6.45, 7) is 3.50. The van der Waals surface area contributed by atoms with E-state index in [4.69, 9.17) is 21.1 Å². The van der Waals surface area contributed by atoms with Crippen LogP contribution in [0.15, 0.2) is 24.4 Å². The highest BCUT2D eigenvalue weighted by Crippen LogP contribution is 2.37. The molecule has 6 nitrogen and oxygen atoms in total. The summed E-state index contributed by atoms with van der Waals surface area (Å²) in [5.41, 5.74) is 3.50. The second kappa shape index (κ2) is 5.87. The van der Waals surface area contributed by atoms with E-state index in [0.29, 0.717) is 17.5 Å². The van der Waals surface area contributed by atoms with Crippen LogP contribution in [-0.2, 0) is 0 Å². The van der Waals surface area contributed by atoms with E-state index in [-0.39, 0.29) is 0 Å². The standard InChI is InChI=1S/C17H17ClN4O2/c1-10-11-9-20-17(18)8-13(11)22(21-10)14-7-15-12(6-16(14)23-2)19-4-3-5-24-15/h6-9,19H,3-5H2,1-2H3. The van der Waals surface area contributed by atoms with Crippen LogP contribution in [0.4, 0.5) is 5.69 Å². The van der Waals surface area contributed by atoms with Crippen LogP contribution in [-0.4, -0.2) is 35.0 Å². The Morgan fingerprint density at radius 2 is 2.21 bits per heavy atom. The molecule has 3 aromatic rings. The van der Waals surface area contributed by atoms with Crippen molar-refractivity contribution in [3.05, 3.63) is 35.2 Å². The highest BCUT2D eigenvalue weighted by atomic mass is 35.5. The molecule has 1 aliphatic rings. The SMILES string of the molecule is COc1cc2c(cc1-n1nc(C)c3cnc(Cl)cc31)OCCCN2. The zero-order chi connectivity index (χ0) is 16.7. The highest BCUT2D eigenvalue weighted by molar-refractivity contribution is 6.30. The second-order valence-electron chi connectivity index (χ2n) is 5.67. The molecule has 0 unspecified atom stereocenters. The zero-order valence-corrected chi connectivity index (χ0v) is 14.2. The van der Waals surface area contributed by atoms with E-state index in [1.165, 1.54) is 0 Å². The normalized spacial score (nSPS) is 13.8. The van der Waals surface area contributed by atoms with Gasteiger partial charge in [0.15, 0.2) is 0 Å². The molecule has 2 aromatic heterocycles. The minimum absolute atomic E-state index is 0.426. The number of hydrogen-bond donors (Lipinski definition) is 1. The van der Waals surface area contributed by atoms with E-state index in [1.54, 1.807) is 19.4 Å². The number of benzene rings is 1. The number of pyridine rings is 1. The first-order chi connectivity index (χ1) is 11.7. The summed E-state index contributed by atoms with van der Waals surface area (Å²) in [4.78, 5) is 4.15. The first-order valence-electron chi connectivity index (χ1n) is 7.77. The summed E-state index contributed by atoms with van der Waals surface area (Å²) in [6, 6.07) is 5.70. The van der Waals surface area contributed by atoms with Gasteiger partial charge in [-0.3, -0.25) is 0 Å². The van der Waals surface area contributed by atoms with Gasteiger partial charge in [-0.2, -0.15) is 5.10 Å². The number of methoxy groups -OCH3 is 1. The van der Waals surface area contributed by atoms with Gasteiger partial charge in [0.2, 0.25) is 0 Å². The zero-order valence-electron chi connectivity index (χ0n) is 13.5. The van der Waals surface area contributed by atoms with Crippen molar-refractivity contribution in [3.63, 3.8) is 0 Å². The summed E-state index contributed by atoms with van der Waals surface area (Å²) in [5, 5.41) is 9.39. The van der Waals surface area contributed by atoms with Crippen LogP contribution < -0.4 is 14.8 Å². The molecule has 1 aliphatic heterocycles. The van der Waals surface area contributed by atoms with Crippen molar-refractivity contribution < 1.29 is 9.47 Å². The topological polar surface area (TPSA) is 61.2 Å². The fourth-order valence-electron chi connectivity index (χ4n) is 2.93. The van der Waals surface area contributed by atoms with Crippen LogP contribution in [0.1, 0.15) is 12.1 Å². The lowest BCUT2D eigenvalue weighted by Crippen LogP contribution is -2.03. The number of fused-ring (bicyclic) bond motifs is 2. The van der Waals surface area contributed by atoms with Crippen molar-refractivity contribution in [1.29, 1.82) is 0 Å². The molecule has 0 bridgehead atoms. The number of anilines is 1. The van der Waals surface area contributed by atoms with Crippen molar-refractivity contribution in [2.24, 2.45) is 0 Å². The Kier molecular flexibility index (Phi) is 3.69. The quantitative estimate of drug-likeness (QED) is 0.720. The predicted molar refractivity (Wildman–Crippen MR) is 93.8 cm³/mol. The fourth-order valence-corrected chi connectivity index (χ4v) is 3.08. The second-order valence-corrected chi connectivity index (χ2v) is 6.06. The predicted octanol–water partition coefficient (Wildman–Crippen LogP) is 3.59. The molecular weight excluding hydrogens is 328 g/mol. The van der Waals surface area contributed by atoms with Gasteiger partial charge in [-0.15, -0.1) is 0 Å². The van der Waals surface area contributed by atoms with Crippen molar-refractivity contribution in [1.82, 2.24) is 14.8 Å². The Bertz CT molecular complexity index is 923. The Morgan fingerprint density at radius 3 is 3.04 bits per heavy atom. The summed E-state index contributed by atoms with van der Waals surface area (Å²) in [7, 11) is 1.65. The summed E-state index contributed by atoms with van der Waals surface area (Å²) < 4.78 is 13.3. The molecule has 0 atom stereocenters. The van der Waals surface area contributed by atoms with Gasteiger partial charge in [0.05, 0.1) is 30.6 Å². The van der Waals surface area contributed by atoms with Gasteiger partial charge in [-0.1, -0.05) is 11.6 Å². The van der Waals surface area contributed by atoms with Gasteiger partial charge >= 0.3 is 0 Å². The molecule has 0 saturated heterocycles. The van der Waals surface area contributed by atoms with Crippen molar-refractivity contribution >= 4 is 28.2 Å². The molecule has 0 radical (unpaired) electrons. The average molecular weight is 345 g/mol. The number of ether oxygens (including phenoxy) is 2. The van der Waals surface area contributed by atoms with Gasteiger partial charge in [-0.25, -0.2) is 9.67 Å². The lowest BCUT2D eigenvalue weighted by Gasteiger charge is -2.15. The Labute approximate surface area is 144 Å². The maximum Gasteiger partial charge on any atom is 0.146 e. The molecule has 4 rings (SSSR count). The molecule has 124 valence electrons. The summed E-state index contributed by atoms with van der Waals surface area (Å²) >= 11 is 6.08. The van der Waals surface area contributed by atoms with Crippen molar-refractivity contribution in [2.45, 2.75) is 13.3 Å². The van der Waals surface area contributed by atoms with Crippen LogP contribution in [0.5, 0.6) is 11.5 Å². The monoisotopic (exact) mass is 344 g/mol. The molecule has 0 amide bonds. The highest BCUT2D eigenvalue weighted by Gasteiger charge is 2.18. The number of rotatable bonds is 2. The maximum absolute atomic E-state index is 6.08. The largest absolute Gasteiger partial charge is 0.494 e. The number of aryl methyl sites for hydroxylation is 1. The van der Waals surface area contributed by atoms with E-state index in [1.807, 2.05) is 23.7 Å². The van der Waals surface area contributed by atoms with Crippen molar-refractivity contribution in [2.75, 3.05) is 25.6 Å². The number of nitrogens with zero attached hydrogens (tertiary/aromatic N) is 3. The van der Waals surface area contributed by atoms with E-state index < -0.39 is 0 Å². The van der Waals surface area contributed by atoms with Crippen LogP contribution >= 0.6 is 11.6 Å². The molecule has 0 aliphatic carbocycles. The lowest BCUT2D eigenvalue weighted by atomic mass is 10.2. The van der Waals surface area contributed by atoms with E-state index in [2.05, 4.69) is 15.4 Å².